The van der Waals surface area contributed by atoms with E-state index in [9.17, 15) is 0 Å². The molecule has 1 aliphatic heterocycles. The van der Waals surface area contributed by atoms with Crippen molar-refractivity contribution < 1.29 is 0 Å². The van der Waals surface area contributed by atoms with Crippen molar-refractivity contribution in [3.05, 3.63) is 11.9 Å². The number of nitriles is 2. The quantitative estimate of drug-likeness (QED) is 0.447. The zero-order valence-electron chi connectivity index (χ0n) is 5.76. The Balaban J connectivity index is 2.82. The van der Waals surface area contributed by atoms with Gasteiger partial charge in [0.2, 0.25) is 0 Å². The molecule has 1 heterocycles. The second-order valence-corrected chi connectivity index (χ2v) is 2.27. The van der Waals surface area contributed by atoms with E-state index < -0.39 is 5.54 Å². The van der Waals surface area contributed by atoms with Crippen LogP contribution in [0.5, 0.6) is 0 Å². The second-order valence-electron chi connectivity index (χ2n) is 2.27. The lowest BCUT2D eigenvalue weighted by Gasteiger charge is -2.13. The zero-order chi connectivity index (χ0) is 8.32. The number of nitrogens with zero attached hydrogens (tertiary/aromatic N) is 2. The molecular formula is C6H7N5. The van der Waals surface area contributed by atoms with Crippen molar-refractivity contribution in [2.24, 2.45) is 5.73 Å². The third-order valence-electron chi connectivity index (χ3n) is 1.39. The highest BCUT2D eigenvalue weighted by Crippen LogP contribution is 2.14. The summed E-state index contributed by atoms with van der Waals surface area (Å²) in [7, 11) is 0. The first-order valence-corrected chi connectivity index (χ1v) is 3.02. The minimum atomic E-state index is -0.946. The predicted molar refractivity (Wildman–Crippen MR) is 37.1 cm³/mol. The van der Waals surface area contributed by atoms with Crippen LogP contribution in [0.3, 0.4) is 0 Å². The van der Waals surface area contributed by atoms with Gasteiger partial charge in [0.1, 0.15) is 5.82 Å². The summed E-state index contributed by atoms with van der Waals surface area (Å²) in [5.41, 5.74) is 9.58. The van der Waals surface area contributed by atoms with Crippen molar-refractivity contribution >= 4 is 0 Å². The summed E-state index contributed by atoms with van der Waals surface area (Å²) < 4.78 is 0. The van der Waals surface area contributed by atoms with Gasteiger partial charge in [0.05, 0.1) is 18.6 Å². The van der Waals surface area contributed by atoms with Crippen LogP contribution in [0, 0.1) is 22.7 Å². The summed E-state index contributed by atoms with van der Waals surface area (Å²) in [6.07, 6.45) is 1.58. The fourth-order valence-electron chi connectivity index (χ4n) is 0.841. The summed E-state index contributed by atoms with van der Waals surface area (Å²) in [6, 6.07) is 3.85. The number of nitrogens with two attached hydrogens (primary N) is 1. The number of hydrogen-bond donors (Lipinski definition) is 3. The molecule has 0 radical (unpaired) electrons. The largest absolute Gasteiger partial charge is 0.385 e. The second kappa shape index (κ2) is 2.49. The minimum Gasteiger partial charge on any atom is -0.385 e. The van der Waals surface area contributed by atoms with E-state index in [0.29, 0.717) is 5.82 Å². The molecule has 0 aromatic rings. The molecule has 0 aromatic carbocycles. The van der Waals surface area contributed by atoms with Gasteiger partial charge in [0, 0.05) is 0 Å². The highest BCUT2D eigenvalue weighted by molar-refractivity contribution is 5.28. The maximum Gasteiger partial charge on any atom is 0.158 e. The SMILES string of the molecule is N#CCC1(C#N)C=C(N)NN1. The van der Waals surface area contributed by atoms with Crippen molar-refractivity contribution in [1.82, 2.24) is 10.9 Å². The summed E-state index contributed by atoms with van der Waals surface area (Å²) in [4.78, 5) is 0. The Kier molecular flexibility index (Phi) is 1.67. The Morgan fingerprint density at radius 2 is 2.36 bits per heavy atom. The highest BCUT2D eigenvalue weighted by atomic mass is 15.4. The summed E-state index contributed by atoms with van der Waals surface area (Å²) in [6.45, 7) is 0. The van der Waals surface area contributed by atoms with Crippen LogP contribution >= 0.6 is 0 Å². The normalized spacial score (nSPS) is 28.0. The van der Waals surface area contributed by atoms with Gasteiger partial charge in [-0.1, -0.05) is 0 Å². The molecule has 0 fully saturated rings. The zero-order valence-corrected chi connectivity index (χ0v) is 5.76. The van der Waals surface area contributed by atoms with E-state index in [0.717, 1.165) is 0 Å². The Labute approximate surface area is 64.1 Å². The molecule has 0 amide bonds. The summed E-state index contributed by atoms with van der Waals surface area (Å²) >= 11 is 0. The minimum absolute atomic E-state index is 0.0806. The molecular weight excluding hydrogens is 142 g/mol. The summed E-state index contributed by atoms with van der Waals surface area (Å²) in [5.74, 6) is 0.377. The third-order valence-corrected chi connectivity index (χ3v) is 1.39. The molecule has 0 aromatic heterocycles. The highest BCUT2D eigenvalue weighted by Gasteiger charge is 2.31. The van der Waals surface area contributed by atoms with E-state index in [4.69, 9.17) is 16.3 Å². The van der Waals surface area contributed by atoms with Gasteiger partial charge in [0.15, 0.2) is 5.54 Å². The Morgan fingerprint density at radius 1 is 1.64 bits per heavy atom. The van der Waals surface area contributed by atoms with Crippen molar-refractivity contribution in [2.75, 3.05) is 0 Å². The average molecular weight is 149 g/mol. The monoisotopic (exact) mass is 149 g/mol. The molecule has 56 valence electrons. The van der Waals surface area contributed by atoms with Crippen LogP contribution in [-0.2, 0) is 0 Å². The molecule has 0 saturated heterocycles. The molecule has 0 spiro atoms. The molecule has 1 unspecified atom stereocenters. The fraction of sp³-hybridized carbons (Fsp3) is 0.333. The Bertz CT molecular complexity index is 268. The Hall–Kier alpha value is -1.72. The van der Waals surface area contributed by atoms with Crippen LogP contribution in [0.4, 0.5) is 0 Å². The lowest BCUT2D eigenvalue weighted by molar-refractivity contribution is 0.494. The van der Waals surface area contributed by atoms with E-state index in [2.05, 4.69) is 10.9 Å². The maximum atomic E-state index is 8.66. The third kappa shape index (κ3) is 1.23. The molecule has 5 nitrogen and oxygen atoms in total. The van der Waals surface area contributed by atoms with Crippen LogP contribution < -0.4 is 16.6 Å². The van der Waals surface area contributed by atoms with Gasteiger partial charge in [-0.2, -0.15) is 10.5 Å². The topological polar surface area (TPSA) is 97.7 Å². The first-order chi connectivity index (χ1) is 5.22. The van der Waals surface area contributed by atoms with Crippen molar-refractivity contribution in [1.29, 1.82) is 10.5 Å². The van der Waals surface area contributed by atoms with Crippen LogP contribution in [0.2, 0.25) is 0 Å². The summed E-state index contributed by atoms with van der Waals surface area (Å²) in [5, 5.41) is 17.0. The van der Waals surface area contributed by atoms with E-state index >= 15 is 0 Å². The smallest absolute Gasteiger partial charge is 0.158 e. The number of hydrazine groups is 1. The van der Waals surface area contributed by atoms with Gasteiger partial charge in [-0.25, -0.2) is 5.43 Å². The molecule has 0 aliphatic carbocycles. The van der Waals surface area contributed by atoms with Gasteiger partial charge in [-0.3, -0.25) is 0 Å². The molecule has 1 aliphatic rings. The van der Waals surface area contributed by atoms with Crippen LogP contribution in [0.1, 0.15) is 6.42 Å². The molecule has 4 N–H and O–H groups in total. The molecule has 0 bridgehead atoms. The molecule has 11 heavy (non-hydrogen) atoms. The van der Waals surface area contributed by atoms with Crippen LogP contribution in [0.25, 0.3) is 0 Å². The molecule has 1 rings (SSSR count). The standard InChI is InChI=1S/C6H7N5/c7-2-1-6(4-8)3-5(9)10-11-6/h3,10-11H,1,9H2. The van der Waals surface area contributed by atoms with Crippen molar-refractivity contribution in [3.63, 3.8) is 0 Å². The van der Waals surface area contributed by atoms with Crippen LogP contribution in [-0.4, -0.2) is 5.54 Å². The van der Waals surface area contributed by atoms with E-state index in [1.807, 2.05) is 12.1 Å². The lowest BCUT2D eigenvalue weighted by Crippen LogP contribution is -2.43. The number of hydrogen-bond acceptors (Lipinski definition) is 5. The van der Waals surface area contributed by atoms with Crippen molar-refractivity contribution in [3.8, 4) is 12.1 Å². The first-order valence-electron chi connectivity index (χ1n) is 3.02. The van der Waals surface area contributed by atoms with Gasteiger partial charge in [0.25, 0.3) is 0 Å². The first kappa shape index (κ1) is 7.39. The lowest BCUT2D eigenvalue weighted by atomic mass is 10.00. The van der Waals surface area contributed by atoms with Crippen LogP contribution in [0.15, 0.2) is 11.9 Å². The van der Waals surface area contributed by atoms with Crippen molar-refractivity contribution in [2.45, 2.75) is 12.0 Å². The molecule has 1 atom stereocenters. The van der Waals surface area contributed by atoms with E-state index in [1.165, 1.54) is 6.08 Å². The molecule has 5 heteroatoms. The van der Waals surface area contributed by atoms with Gasteiger partial charge in [-0.15, -0.1) is 0 Å². The number of nitrogens with one attached hydrogen (secondary N) is 2. The van der Waals surface area contributed by atoms with E-state index in [1.54, 1.807) is 0 Å². The van der Waals surface area contributed by atoms with Gasteiger partial charge in [-0.05, 0) is 6.08 Å². The predicted octanol–water partition coefficient (Wildman–Crippen LogP) is -0.930. The van der Waals surface area contributed by atoms with Gasteiger partial charge < -0.3 is 11.2 Å². The van der Waals surface area contributed by atoms with Gasteiger partial charge >= 0.3 is 0 Å². The number of rotatable bonds is 1. The Morgan fingerprint density at radius 3 is 2.73 bits per heavy atom. The maximum absolute atomic E-state index is 8.66. The fourth-order valence-corrected chi connectivity index (χ4v) is 0.841. The molecule has 0 saturated carbocycles. The van der Waals surface area contributed by atoms with E-state index in [-0.39, 0.29) is 6.42 Å². The average Bonchev–Trinajstić information content (AvgIpc) is 2.34.